The molecule has 2 rings (SSSR count). The molecule has 0 spiro atoms. The Kier molecular flexibility index (Phi) is 4.40. The maximum Gasteiger partial charge on any atom is 0.308 e. The first-order valence-corrected chi connectivity index (χ1v) is 6.80. The zero-order chi connectivity index (χ0) is 14.9. The van der Waals surface area contributed by atoms with Crippen LogP contribution in [0.1, 0.15) is 12.5 Å². The standard InChI is InChI=1S/C14H18ClNO4/c1-8-5-16(7-11(8)14(18)19)6-9-3-10(15)4-12(20-2)13(9)17/h3-4,8,11,17H,5-7H2,1-2H3,(H,18,19)/t8-,11-/m1/s1. The lowest BCUT2D eigenvalue weighted by Crippen LogP contribution is -2.23. The minimum atomic E-state index is -0.770. The molecule has 1 aromatic rings. The van der Waals surface area contributed by atoms with Crippen LogP contribution in [0.15, 0.2) is 12.1 Å². The summed E-state index contributed by atoms with van der Waals surface area (Å²) >= 11 is 5.99. The molecule has 6 heteroatoms. The first-order valence-electron chi connectivity index (χ1n) is 6.43. The van der Waals surface area contributed by atoms with Crippen molar-refractivity contribution >= 4 is 17.6 Å². The highest BCUT2D eigenvalue weighted by atomic mass is 35.5. The van der Waals surface area contributed by atoms with Crippen molar-refractivity contribution in [2.24, 2.45) is 11.8 Å². The van der Waals surface area contributed by atoms with E-state index in [4.69, 9.17) is 21.4 Å². The van der Waals surface area contributed by atoms with Crippen LogP contribution in [0.2, 0.25) is 5.02 Å². The van der Waals surface area contributed by atoms with Gasteiger partial charge in [-0.2, -0.15) is 0 Å². The summed E-state index contributed by atoms with van der Waals surface area (Å²) in [6.07, 6.45) is 0. The van der Waals surface area contributed by atoms with Crippen LogP contribution in [0.25, 0.3) is 0 Å². The van der Waals surface area contributed by atoms with Gasteiger partial charge in [0.05, 0.1) is 13.0 Å². The second kappa shape index (κ2) is 5.89. The third-order valence-electron chi connectivity index (χ3n) is 3.74. The van der Waals surface area contributed by atoms with Gasteiger partial charge in [0.25, 0.3) is 0 Å². The molecule has 0 bridgehead atoms. The van der Waals surface area contributed by atoms with Crippen molar-refractivity contribution in [2.75, 3.05) is 20.2 Å². The van der Waals surface area contributed by atoms with Crippen LogP contribution in [0.4, 0.5) is 0 Å². The number of halogens is 1. The number of carboxylic acid groups (broad SMARTS) is 1. The molecule has 2 atom stereocenters. The Morgan fingerprint density at radius 2 is 2.20 bits per heavy atom. The molecule has 5 nitrogen and oxygen atoms in total. The summed E-state index contributed by atoms with van der Waals surface area (Å²) < 4.78 is 5.06. The second-order valence-corrected chi connectivity index (χ2v) is 5.67. The summed E-state index contributed by atoms with van der Waals surface area (Å²) in [5, 5.41) is 19.7. The van der Waals surface area contributed by atoms with E-state index >= 15 is 0 Å². The third kappa shape index (κ3) is 2.99. The van der Waals surface area contributed by atoms with Gasteiger partial charge in [-0.3, -0.25) is 9.69 Å². The molecule has 1 aromatic carbocycles. The lowest BCUT2D eigenvalue weighted by atomic mass is 9.99. The highest BCUT2D eigenvalue weighted by molar-refractivity contribution is 6.30. The molecule has 0 amide bonds. The van der Waals surface area contributed by atoms with Gasteiger partial charge in [-0.05, 0) is 12.0 Å². The molecule has 0 aromatic heterocycles. The minimum Gasteiger partial charge on any atom is -0.504 e. The van der Waals surface area contributed by atoms with Gasteiger partial charge in [-0.1, -0.05) is 18.5 Å². The lowest BCUT2D eigenvalue weighted by molar-refractivity contribution is -0.142. The number of ether oxygens (including phenoxy) is 1. The highest BCUT2D eigenvalue weighted by Gasteiger charge is 2.34. The summed E-state index contributed by atoms with van der Waals surface area (Å²) in [5.74, 6) is -0.653. The van der Waals surface area contributed by atoms with Gasteiger partial charge in [0.15, 0.2) is 11.5 Å². The molecule has 2 N–H and O–H groups in total. The van der Waals surface area contributed by atoms with Crippen LogP contribution in [-0.2, 0) is 11.3 Å². The number of hydrogen-bond donors (Lipinski definition) is 2. The zero-order valence-corrected chi connectivity index (χ0v) is 12.2. The van der Waals surface area contributed by atoms with E-state index in [1.54, 1.807) is 12.1 Å². The number of likely N-dealkylation sites (tertiary alicyclic amines) is 1. The van der Waals surface area contributed by atoms with Crippen molar-refractivity contribution in [2.45, 2.75) is 13.5 Å². The Hall–Kier alpha value is -1.46. The molecule has 0 unspecified atom stereocenters. The summed E-state index contributed by atoms with van der Waals surface area (Å²) in [5.41, 5.74) is 0.646. The molecule has 110 valence electrons. The predicted octanol–water partition coefficient (Wildman–Crippen LogP) is 2.21. The fourth-order valence-electron chi connectivity index (χ4n) is 2.66. The van der Waals surface area contributed by atoms with E-state index in [2.05, 4.69) is 0 Å². The summed E-state index contributed by atoms with van der Waals surface area (Å²) in [7, 11) is 1.47. The van der Waals surface area contributed by atoms with E-state index in [1.807, 2.05) is 11.8 Å². The SMILES string of the molecule is COc1cc(Cl)cc(CN2C[C@@H](C)[C@H](C(=O)O)C2)c1O. The number of methoxy groups -OCH3 is 1. The van der Waals surface area contributed by atoms with E-state index in [9.17, 15) is 9.90 Å². The second-order valence-electron chi connectivity index (χ2n) is 5.23. The normalized spacial score (nSPS) is 22.9. The smallest absolute Gasteiger partial charge is 0.308 e. The van der Waals surface area contributed by atoms with Crippen molar-refractivity contribution in [3.63, 3.8) is 0 Å². The van der Waals surface area contributed by atoms with Crippen molar-refractivity contribution in [3.05, 3.63) is 22.7 Å². The van der Waals surface area contributed by atoms with E-state index in [1.165, 1.54) is 7.11 Å². The van der Waals surface area contributed by atoms with Crippen LogP contribution in [0, 0.1) is 11.8 Å². The molecule has 1 aliphatic heterocycles. The molecule has 1 aliphatic rings. The number of phenolic OH excluding ortho intramolecular Hbond substituents is 1. The summed E-state index contributed by atoms with van der Waals surface area (Å²) in [6.45, 7) is 3.55. The molecule has 20 heavy (non-hydrogen) atoms. The van der Waals surface area contributed by atoms with Gasteiger partial charge in [0.2, 0.25) is 0 Å². The Labute approximate surface area is 122 Å². The molecule has 1 heterocycles. The Bertz CT molecular complexity index is 520. The van der Waals surface area contributed by atoms with Crippen LogP contribution in [-0.4, -0.2) is 41.3 Å². The third-order valence-corrected chi connectivity index (χ3v) is 3.96. The quantitative estimate of drug-likeness (QED) is 0.892. The highest BCUT2D eigenvalue weighted by Crippen LogP contribution is 2.35. The lowest BCUT2D eigenvalue weighted by Gasteiger charge is -2.17. The zero-order valence-electron chi connectivity index (χ0n) is 11.5. The number of nitrogens with zero attached hydrogens (tertiary/aromatic N) is 1. The van der Waals surface area contributed by atoms with Gasteiger partial charge < -0.3 is 14.9 Å². The number of hydrogen-bond acceptors (Lipinski definition) is 4. The Morgan fingerprint density at radius 1 is 1.50 bits per heavy atom. The van der Waals surface area contributed by atoms with Gasteiger partial charge in [0.1, 0.15) is 0 Å². The number of benzene rings is 1. The van der Waals surface area contributed by atoms with Gasteiger partial charge in [0, 0.05) is 36.3 Å². The fourth-order valence-corrected chi connectivity index (χ4v) is 2.89. The van der Waals surface area contributed by atoms with Crippen molar-refractivity contribution in [1.82, 2.24) is 4.90 Å². The number of aliphatic carboxylic acids is 1. The van der Waals surface area contributed by atoms with E-state index in [-0.39, 0.29) is 17.6 Å². The number of carbonyl (C=O) groups is 1. The van der Waals surface area contributed by atoms with Crippen LogP contribution in [0.3, 0.4) is 0 Å². The molecule has 1 saturated heterocycles. The van der Waals surface area contributed by atoms with Gasteiger partial charge in [-0.25, -0.2) is 0 Å². The monoisotopic (exact) mass is 299 g/mol. The largest absolute Gasteiger partial charge is 0.504 e. The molecule has 0 radical (unpaired) electrons. The fraction of sp³-hybridized carbons (Fsp3) is 0.500. The number of aromatic hydroxyl groups is 1. The van der Waals surface area contributed by atoms with E-state index in [0.717, 1.165) is 0 Å². The average molecular weight is 300 g/mol. The number of carboxylic acids is 1. The first-order chi connectivity index (χ1) is 9.42. The summed E-state index contributed by atoms with van der Waals surface area (Å²) in [4.78, 5) is 13.1. The van der Waals surface area contributed by atoms with Crippen LogP contribution < -0.4 is 4.74 Å². The van der Waals surface area contributed by atoms with Crippen LogP contribution in [0.5, 0.6) is 11.5 Å². The van der Waals surface area contributed by atoms with E-state index in [0.29, 0.717) is 36.0 Å². The Morgan fingerprint density at radius 3 is 2.75 bits per heavy atom. The van der Waals surface area contributed by atoms with E-state index < -0.39 is 5.97 Å². The topological polar surface area (TPSA) is 70.0 Å². The average Bonchev–Trinajstić information content (AvgIpc) is 2.74. The van der Waals surface area contributed by atoms with Gasteiger partial charge >= 0.3 is 5.97 Å². The number of rotatable bonds is 4. The molecular formula is C14H18ClNO4. The predicted molar refractivity (Wildman–Crippen MR) is 75.2 cm³/mol. The molecule has 1 fully saturated rings. The first kappa shape index (κ1) is 14.9. The van der Waals surface area contributed by atoms with Crippen LogP contribution >= 0.6 is 11.6 Å². The van der Waals surface area contributed by atoms with Gasteiger partial charge in [-0.15, -0.1) is 0 Å². The van der Waals surface area contributed by atoms with Crippen molar-refractivity contribution in [3.8, 4) is 11.5 Å². The summed E-state index contributed by atoms with van der Waals surface area (Å²) in [6, 6.07) is 3.23. The Balaban J connectivity index is 2.15. The minimum absolute atomic E-state index is 0.0586. The molecule has 0 aliphatic carbocycles. The van der Waals surface area contributed by atoms with Crippen molar-refractivity contribution < 1.29 is 19.7 Å². The molecule has 0 saturated carbocycles. The maximum atomic E-state index is 11.1. The van der Waals surface area contributed by atoms with Crippen molar-refractivity contribution in [1.29, 1.82) is 0 Å². The number of phenols is 1. The molecular weight excluding hydrogens is 282 g/mol. The maximum absolute atomic E-state index is 11.1.